The number of nitrogens with two attached hydrogens (primary N) is 1. The van der Waals surface area contributed by atoms with Gasteiger partial charge in [-0.2, -0.15) is 12.5 Å². The molecule has 0 atom stereocenters. The molecule has 0 saturated carbocycles. The molecule has 2 N–H and O–H groups in total. The predicted octanol–water partition coefficient (Wildman–Crippen LogP) is 8.55. The van der Waals surface area contributed by atoms with Crippen molar-refractivity contribution in [2.24, 2.45) is 0 Å². The molecule has 164 valence electrons. The van der Waals surface area contributed by atoms with Crippen LogP contribution in [0.5, 0.6) is 0 Å². The molecule has 5 heteroatoms. The number of anilines is 1. The van der Waals surface area contributed by atoms with Crippen molar-refractivity contribution >= 4 is 24.3 Å². The maximum Gasteiger partial charge on any atom is -0.693 e. The molecule has 0 radical (unpaired) electrons. The summed E-state index contributed by atoms with van der Waals surface area (Å²) >= 11 is -0.556. The molecule has 0 aromatic heterocycles. The standard InChI is InChI=1S/C26H28N.2ClH.H2N.Ti/c1-19-18-21(27(2)3)17-16-20(19)10-4-5-11-22-23-12-6-8-14-25(23)26-15-9-7-13-24(22)26;;;;/h6-9,12-18,22H,1,4-5,10-11H2,2-3H3;2*1H;1H2;/q-1;;;-1;+2/p-2. The van der Waals surface area contributed by atoms with Gasteiger partial charge in [-0.05, 0) is 34.4 Å². The molecule has 3 aromatic carbocycles. The van der Waals surface area contributed by atoms with E-state index in [9.17, 15) is 0 Å². The normalized spacial score (nSPS) is 11.5. The van der Waals surface area contributed by atoms with Crippen LogP contribution in [0, 0.1) is 6.92 Å². The number of halogens is 2. The van der Waals surface area contributed by atoms with Gasteiger partial charge >= 0.3 is 35.6 Å². The van der Waals surface area contributed by atoms with Gasteiger partial charge in [-0.25, -0.2) is 0 Å². The first-order chi connectivity index (χ1) is 14.6. The van der Waals surface area contributed by atoms with Gasteiger partial charge in [-0.15, -0.1) is 17.7 Å². The topological polar surface area (TPSA) is 36.7 Å². The average Bonchev–Trinajstić information content (AvgIpc) is 3.06. The van der Waals surface area contributed by atoms with Gasteiger partial charge in [0.05, 0.1) is 0 Å². The summed E-state index contributed by atoms with van der Waals surface area (Å²) in [6.07, 6.45) is 4.78. The summed E-state index contributed by atoms with van der Waals surface area (Å²) in [4.78, 5) is 2.13. The first-order valence-electron chi connectivity index (χ1n) is 10.3. The summed E-state index contributed by atoms with van der Waals surface area (Å²) in [5.41, 5.74) is 9.64. The van der Waals surface area contributed by atoms with Crippen molar-refractivity contribution in [1.82, 2.24) is 0 Å². The monoisotopic (exact) mass is 488 g/mol. The Labute approximate surface area is 204 Å². The zero-order valence-electron chi connectivity index (χ0n) is 18.2. The van der Waals surface area contributed by atoms with Crippen LogP contribution in [0.1, 0.15) is 47.4 Å². The Kier molecular flexibility index (Phi) is 10.5. The first-order valence-corrected chi connectivity index (χ1v) is 14.6. The van der Waals surface area contributed by atoms with E-state index in [1.54, 1.807) is 0 Å². The van der Waals surface area contributed by atoms with Gasteiger partial charge in [0.1, 0.15) is 0 Å². The third-order valence-corrected chi connectivity index (χ3v) is 5.86. The van der Waals surface area contributed by atoms with Crippen molar-refractivity contribution < 1.29 is 17.0 Å². The second-order valence-corrected chi connectivity index (χ2v) is 10.5. The summed E-state index contributed by atoms with van der Waals surface area (Å²) in [5, 5.41) is 0. The van der Waals surface area contributed by atoms with E-state index in [4.69, 9.17) is 18.6 Å². The molecule has 0 unspecified atom stereocenters. The van der Waals surface area contributed by atoms with E-state index in [1.165, 1.54) is 52.8 Å². The zero-order valence-corrected chi connectivity index (χ0v) is 21.3. The van der Waals surface area contributed by atoms with E-state index in [2.05, 4.69) is 92.6 Å². The summed E-state index contributed by atoms with van der Waals surface area (Å²) < 4.78 is 0. The van der Waals surface area contributed by atoms with Crippen LogP contribution in [0.2, 0.25) is 0 Å². The average molecular weight is 489 g/mol. The van der Waals surface area contributed by atoms with Crippen LogP contribution in [0.3, 0.4) is 0 Å². The van der Waals surface area contributed by atoms with E-state index < -0.39 is 17.0 Å². The first kappa shape index (κ1) is 25.8. The van der Waals surface area contributed by atoms with Gasteiger partial charge in [0, 0.05) is 20.0 Å². The Balaban J connectivity index is 0.000000808. The number of unbranched alkanes of at least 4 members (excludes halogenated alkanes) is 1. The fourth-order valence-electron chi connectivity index (χ4n) is 4.37. The maximum atomic E-state index is 4.89. The number of aryl methyl sites for hydroxylation is 1. The Morgan fingerprint density at radius 1 is 0.871 bits per heavy atom. The van der Waals surface area contributed by atoms with Crippen molar-refractivity contribution in [2.75, 3.05) is 19.0 Å². The summed E-state index contributed by atoms with van der Waals surface area (Å²) in [6.45, 7) is 4.25. The van der Waals surface area contributed by atoms with Crippen LogP contribution < -0.4 is 4.90 Å². The van der Waals surface area contributed by atoms with E-state index in [0.29, 0.717) is 5.92 Å². The molecule has 3 aromatic rings. The fraction of sp³-hybridized carbons (Fsp3) is 0.269. The molecule has 1 aliphatic carbocycles. The molecule has 0 saturated heterocycles. The molecule has 2 nitrogen and oxygen atoms in total. The van der Waals surface area contributed by atoms with Crippen LogP contribution in [-0.2, 0) is 23.5 Å². The van der Waals surface area contributed by atoms with Crippen LogP contribution >= 0.6 is 18.6 Å². The fourth-order valence-corrected chi connectivity index (χ4v) is 4.37. The smallest absolute Gasteiger partial charge is 0.693 e. The molecule has 31 heavy (non-hydrogen) atoms. The van der Waals surface area contributed by atoms with Gasteiger partial charge in [0.2, 0.25) is 0 Å². The van der Waals surface area contributed by atoms with E-state index in [1.807, 2.05) is 0 Å². The van der Waals surface area contributed by atoms with Crippen LogP contribution in [0.15, 0.2) is 66.7 Å². The molecule has 0 fully saturated rings. The van der Waals surface area contributed by atoms with Crippen molar-refractivity contribution in [3.63, 3.8) is 0 Å². The minimum absolute atomic E-state index is 0. The quantitative estimate of drug-likeness (QED) is 0.194. The zero-order chi connectivity index (χ0) is 21.5. The van der Waals surface area contributed by atoms with E-state index in [-0.39, 0.29) is 6.15 Å². The SMILES string of the molecule is [CH2-]c1cc(N(C)C)ccc1CCCCC1c2ccccc2-c2ccccc21.[Cl][Ti][Cl].[NH2-]. The minimum Gasteiger partial charge on any atom is -0.693 e. The molecule has 0 spiro atoms. The number of nitrogens with zero attached hydrogens (tertiary/aromatic N) is 1. The number of rotatable bonds is 6. The summed E-state index contributed by atoms with van der Waals surface area (Å²) in [5.74, 6) is 0.549. The van der Waals surface area contributed by atoms with Gasteiger partial charge in [0.15, 0.2) is 0 Å². The van der Waals surface area contributed by atoms with Gasteiger partial charge in [0.25, 0.3) is 0 Å². The largest absolute Gasteiger partial charge is 0.693 e. The molecule has 0 heterocycles. The van der Waals surface area contributed by atoms with E-state index >= 15 is 0 Å². The van der Waals surface area contributed by atoms with Crippen molar-refractivity contribution in [3.05, 3.63) is 102 Å². The Hall–Kier alpha value is -1.42. The Morgan fingerprint density at radius 3 is 1.94 bits per heavy atom. The second kappa shape index (κ2) is 12.6. The van der Waals surface area contributed by atoms with E-state index in [0.717, 1.165) is 12.0 Å². The molecule has 4 rings (SSSR count). The number of hydrogen-bond acceptors (Lipinski definition) is 1. The van der Waals surface area contributed by atoms with Crippen molar-refractivity contribution in [3.8, 4) is 11.1 Å². The number of hydrogen-bond donors (Lipinski definition) is 0. The molecule has 0 bridgehead atoms. The molecular formula is C26H30Cl2N2Ti-2. The third kappa shape index (κ3) is 6.31. The van der Waals surface area contributed by atoms with Crippen molar-refractivity contribution in [1.29, 1.82) is 0 Å². The van der Waals surface area contributed by atoms with Crippen LogP contribution in [-0.4, -0.2) is 14.1 Å². The maximum absolute atomic E-state index is 4.89. The molecule has 0 amide bonds. The van der Waals surface area contributed by atoms with Crippen LogP contribution in [0.4, 0.5) is 5.69 Å². The van der Waals surface area contributed by atoms with Gasteiger partial charge < -0.3 is 11.1 Å². The van der Waals surface area contributed by atoms with Crippen molar-refractivity contribution in [2.45, 2.75) is 31.6 Å². The molecular weight excluding hydrogens is 459 g/mol. The predicted molar refractivity (Wildman–Crippen MR) is 133 cm³/mol. The minimum atomic E-state index is -0.556. The summed E-state index contributed by atoms with van der Waals surface area (Å²) in [6, 6.07) is 24.5. The van der Waals surface area contributed by atoms with Gasteiger partial charge in [-0.1, -0.05) is 73.9 Å². The second-order valence-electron chi connectivity index (χ2n) is 7.89. The third-order valence-electron chi connectivity index (χ3n) is 5.86. The summed E-state index contributed by atoms with van der Waals surface area (Å²) in [7, 11) is 13.9. The number of fused-ring (bicyclic) bond motifs is 3. The Morgan fingerprint density at radius 2 is 1.42 bits per heavy atom. The molecule has 0 aliphatic heterocycles. The molecule has 1 aliphatic rings. The van der Waals surface area contributed by atoms with Gasteiger partial charge in [-0.3, -0.25) is 0 Å². The Bertz CT molecular complexity index is 930. The van der Waals surface area contributed by atoms with Crippen LogP contribution in [0.25, 0.3) is 17.3 Å². The number of benzene rings is 3.